The summed E-state index contributed by atoms with van der Waals surface area (Å²) in [5.41, 5.74) is -0.171. The molecule has 0 heterocycles. The fourth-order valence-corrected chi connectivity index (χ4v) is 2.87. The van der Waals surface area contributed by atoms with E-state index in [0.29, 0.717) is 13.0 Å². The van der Waals surface area contributed by atoms with E-state index in [1.807, 2.05) is 0 Å². The van der Waals surface area contributed by atoms with Crippen molar-refractivity contribution >= 4 is 15.8 Å². The standard InChI is InChI=1S/C12H16O6S/c1-17-6-3-7-19(15,16)9-4-5-11(18-2)10(8-9)12(13)14/h4-5,8H,3,6-7H2,1-2H3,(H,13,14). The van der Waals surface area contributed by atoms with E-state index in [-0.39, 0.29) is 22.0 Å². The third-order valence-corrected chi connectivity index (χ3v) is 4.32. The summed E-state index contributed by atoms with van der Waals surface area (Å²) < 4.78 is 33.7. The molecule has 0 amide bonds. The van der Waals surface area contributed by atoms with Crippen molar-refractivity contribution in [2.45, 2.75) is 11.3 Å². The van der Waals surface area contributed by atoms with E-state index in [1.54, 1.807) is 0 Å². The third kappa shape index (κ3) is 3.93. The van der Waals surface area contributed by atoms with Gasteiger partial charge in [-0.1, -0.05) is 0 Å². The highest BCUT2D eigenvalue weighted by atomic mass is 32.2. The Labute approximate surface area is 111 Å². The minimum absolute atomic E-state index is 0.0261. The SMILES string of the molecule is COCCCS(=O)(=O)c1ccc(OC)c(C(=O)O)c1. The summed E-state index contributed by atoms with van der Waals surface area (Å²) in [5, 5.41) is 9.01. The van der Waals surface area contributed by atoms with Gasteiger partial charge in [0.1, 0.15) is 11.3 Å². The van der Waals surface area contributed by atoms with Crippen molar-refractivity contribution in [3.05, 3.63) is 23.8 Å². The molecule has 0 aliphatic rings. The van der Waals surface area contributed by atoms with E-state index in [2.05, 4.69) is 0 Å². The maximum Gasteiger partial charge on any atom is 0.339 e. The average molecular weight is 288 g/mol. The first-order valence-corrected chi connectivity index (χ1v) is 7.20. The minimum atomic E-state index is -3.51. The number of aromatic carboxylic acids is 1. The van der Waals surface area contributed by atoms with E-state index in [4.69, 9.17) is 14.6 Å². The summed E-state index contributed by atoms with van der Waals surface area (Å²) in [6.07, 6.45) is 0.354. The first-order chi connectivity index (χ1) is 8.92. The lowest BCUT2D eigenvalue weighted by Gasteiger charge is -2.08. The van der Waals surface area contributed by atoms with Crippen LogP contribution in [0.5, 0.6) is 5.75 Å². The van der Waals surface area contributed by atoms with Crippen molar-refractivity contribution in [1.82, 2.24) is 0 Å². The number of rotatable bonds is 7. The van der Waals surface area contributed by atoms with Crippen LogP contribution in [0.15, 0.2) is 23.1 Å². The molecule has 0 aliphatic carbocycles. The number of carbonyl (C=O) groups is 1. The zero-order valence-corrected chi connectivity index (χ0v) is 11.6. The Morgan fingerprint density at radius 2 is 2.00 bits per heavy atom. The number of methoxy groups -OCH3 is 2. The van der Waals surface area contributed by atoms with Gasteiger partial charge in [-0.05, 0) is 24.6 Å². The monoisotopic (exact) mass is 288 g/mol. The molecule has 1 aromatic carbocycles. The molecule has 1 N–H and O–H groups in total. The molecule has 0 spiro atoms. The molecule has 0 aromatic heterocycles. The van der Waals surface area contributed by atoms with Crippen LogP contribution in [-0.4, -0.2) is 46.1 Å². The quantitative estimate of drug-likeness (QED) is 0.758. The molecular weight excluding hydrogens is 272 g/mol. The van der Waals surface area contributed by atoms with Gasteiger partial charge in [0, 0.05) is 13.7 Å². The number of carboxylic acid groups (broad SMARTS) is 1. The molecule has 6 nitrogen and oxygen atoms in total. The number of ether oxygens (including phenoxy) is 2. The first kappa shape index (κ1) is 15.5. The van der Waals surface area contributed by atoms with Crippen LogP contribution in [0.3, 0.4) is 0 Å². The fraction of sp³-hybridized carbons (Fsp3) is 0.417. The summed E-state index contributed by atoms with van der Waals surface area (Å²) in [4.78, 5) is 11.0. The van der Waals surface area contributed by atoms with Gasteiger partial charge in [-0.3, -0.25) is 0 Å². The summed E-state index contributed by atoms with van der Waals surface area (Å²) in [6.45, 7) is 0.334. The number of hydrogen-bond donors (Lipinski definition) is 1. The van der Waals surface area contributed by atoms with Gasteiger partial charge in [0.25, 0.3) is 0 Å². The van der Waals surface area contributed by atoms with Gasteiger partial charge in [-0.15, -0.1) is 0 Å². The molecule has 0 aliphatic heterocycles. The molecule has 7 heteroatoms. The predicted molar refractivity (Wildman–Crippen MR) is 68.5 cm³/mol. The lowest BCUT2D eigenvalue weighted by molar-refractivity contribution is 0.0693. The molecule has 1 aromatic rings. The van der Waals surface area contributed by atoms with Gasteiger partial charge in [-0.2, -0.15) is 0 Å². The van der Waals surface area contributed by atoms with Crippen LogP contribution < -0.4 is 4.74 Å². The second-order valence-electron chi connectivity index (χ2n) is 3.83. The maximum atomic E-state index is 12.0. The van der Waals surface area contributed by atoms with Gasteiger partial charge in [0.2, 0.25) is 0 Å². The Kier molecular flexibility index (Phi) is 5.31. The van der Waals surface area contributed by atoms with Gasteiger partial charge in [-0.25, -0.2) is 13.2 Å². The van der Waals surface area contributed by atoms with Crippen LogP contribution in [0.25, 0.3) is 0 Å². The van der Waals surface area contributed by atoms with Crippen LogP contribution in [-0.2, 0) is 14.6 Å². The summed E-state index contributed by atoms with van der Waals surface area (Å²) in [6, 6.07) is 3.80. The van der Waals surface area contributed by atoms with Crippen molar-refractivity contribution < 1.29 is 27.8 Å². The highest BCUT2D eigenvalue weighted by molar-refractivity contribution is 7.91. The molecule has 0 radical (unpaired) electrons. The van der Waals surface area contributed by atoms with Gasteiger partial charge in [0.15, 0.2) is 9.84 Å². The lowest BCUT2D eigenvalue weighted by Crippen LogP contribution is -2.10. The molecule has 1 rings (SSSR count). The second kappa shape index (κ2) is 6.53. The summed E-state index contributed by atoms with van der Waals surface area (Å²) in [7, 11) is -0.696. The minimum Gasteiger partial charge on any atom is -0.496 e. The van der Waals surface area contributed by atoms with E-state index < -0.39 is 15.8 Å². The summed E-state index contributed by atoms with van der Waals surface area (Å²) in [5.74, 6) is -1.19. The molecule has 106 valence electrons. The summed E-state index contributed by atoms with van der Waals surface area (Å²) >= 11 is 0. The number of sulfone groups is 1. The van der Waals surface area contributed by atoms with E-state index in [1.165, 1.54) is 26.4 Å². The average Bonchev–Trinajstić information content (AvgIpc) is 2.38. The van der Waals surface area contributed by atoms with Crippen LogP contribution in [0.2, 0.25) is 0 Å². The molecule has 0 saturated heterocycles. The molecule has 0 bridgehead atoms. The van der Waals surface area contributed by atoms with Gasteiger partial charge >= 0.3 is 5.97 Å². The zero-order valence-electron chi connectivity index (χ0n) is 10.8. The van der Waals surface area contributed by atoms with Crippen LogP contribution >= 0.6 is 0 Å². The molecule has 0 atom stereocenters. The van der Waals surface area contributed by atoms with Gasteiger partial charge in [0.05, 0.1) is 17.8 Å². The van der Waals surface area contributed by atoms with Crippen molar-refractivity contribution in [1.29, 1.82) is 0 Å². The van der Waals surface area contributed by atoms with Crippen molar-refractivity contribution in [2.75, 3.05) is 26.6 Å². The van der Waals surface area contributed by atoms with Gasteiger partial charge < -0.3 is 14.6 Å². The Morgan fingerprint density at radius 3 is 2.53 bits per heavy atom. The highest BCUT2D eigenvalue weighted by Gasteiger charge is 2.19. The van der Waals surface area contributed by atoms with Crippen LogP contribution in [0.1, 0.15) is 16.8 Å². The largest absolute Gasteiger partial charge is 0.496 e. The maximum absolute atomic E-state index is 12.0. The molecule has 0 unspecified atom stereocenters. The fourth-order valence-electron chi connectivity index (χ4n) is 1.56. The Hall–Kier alpha value is -1.60. The Morgan fingerprint density at radius 1 is 1.32 bits per heavy atom. The van der Waals surface area contributed by atoms with Crippen molar-refractivity contribution in [3.63, 3.8) is 0 Å². The molecule has 0 saturated carbocycles. The number of benzene rings is 1. The predicted octanol–water partition coefficient (Wildman–Crippen LogP) is 1.20. The van der Waals surface area contributed by atoms with Crippen molar-refractivity contribution in [2.24, 2.45) is 0 Å². The van der Waals surface area contributed by atoms with Crippen molar-refractivity contribution in [3.8, 4) is 5.75 Å². The Balaban J connectivity index is 3.07. The van der Waals surface area contributed by atoms with Crippen LogP contribution in [0, 0.1) is 0 Å². The number of hydrogen-bond acceptors (Lipinski definition) is 5. The topological polar surface area (TPSA) is 89.9 Å². The normalized spacial score (nSPS) is 11.3. The second-order valence-corrected chi connectivity index (χ2v) is 5.94. The first-order valence-electron chi connectivity index (χ1n) is 5.55. The van der Waals surface area contributed by atoms with E-state index in [9.17, 15) is 13.2 Å². The smallest absolute Gasteiger partial charge is 0.339 e. The zero-order chi connectivity index (χ0) is 14.5. The highest BCUT2D eigenvalue weighted by Crippen LogP contribution is 2.23. The van der Waals surface area contributed by atoms with E-state index in [0.717, 1.165) is 6.07 Å². The Bertz CT molecular complexity index is 549. The molecule has 19 heavy (non-hydrogen) atoms. The lowest BCUT2D eigenvalue weighted by atomic mass is 10.2. The van der Waals surface area contributed by atoms with E-state index >= 15 is 0 Å². The molecule has 0 fully saturated rings. The van der Waals surface area contributed by atoms with Crippen LogP contribution in [0.4, 0.5) is 0 Å². The third-order valence-electron chi connectivity index (χ3n) is 2.52. The molecular formula is C12H16O6S. The number of carboxylic acids is 1.